The van der Waals surface area contributed by atoms with Gasteiger partial charge in [0.2, 0.25) is 0 Å². The molecule has 78 valence electrons. The summed E-state index contributed by atoms with van der Waals surface area (Å²) in [6.45, 7) is 3.68. The number of rotatable bonds is 5. The number of benzene rings is 1. The van der Waals surface area contributed by atoms with Crippen LogP contribution < -0.4 is 15.8 Å². The van der Waals surface area contributed by atoms with Crippen LogP contribution in [0.15, 0.2) is 24.3 Å². The Morgan fingerprint density at radius 2 is 2.00 bits per heavy atom. The molecule has 14 heavy (non-hydrogen) atoms. The minimum absolute atomic E-state index is 0.202. The molecule has 0 amide bonds. The summed E-state index contributed by atoms with van der Waals surface area (Å²) < 4.78 is 5.07. The lowest BCUT2D eigenvalue weighted by atomic mass is 10.2. The predicted molar refractivity (Wildman–Crippen MR) is 58.4 cm³/mol. The molecule has 3 heteroatoms. The van der Waals surface area contributed by atoms with Gasteiger partial charge in [-0.2, -0.15) is 0 Å². The first-order valence-electron chi connectivity index (χ1n) is 4.81. The molecule has 0 aromatic heterocycles. The van der Waals surface area contributed by atoms with Crippen LogP contribution in [0.1, 0.15) is 12.5 Å². The van der Waals surface area contributed by atoms with Gasteiger partial charge < -0.3 is 15.8 Å². The Bertz CT molecular complexity index is 256. The Balaban J connectivity index is 2.36. The number of nitrogens with two attached hydrogens (primary N) is 1. The highest BCUT2D eigenvalue weighted by Gasteiger charge is 1.95. The molecule has 3 N–H and O–H groups in total. The molecule has 3 nitrogen and oxygen atoms in total. The molecule has 0 saturated carbocycles. The summed E-state index contributed by atoms with van der Waals surface area (Å²) in [5.41, 5.74) is 6.86. The van der Waals surface area contributed by atoms with E-state index in [0.717, 1.165) is 18.8 Å². The van der Waals surface area contributed by atoms with Gasteiger partial charge in [-0.3, -0.25) is 0 Å². The van der Waals surface area contributed by atoms with Gasteiger partial charge in [-0.1, -0.05) is 12.1 Å². The lowest BCUT2D eigenvalue weighted by Crippen LogP contribution is -2.30. The van der Waals surface area contributed by atoms with Crippen LogP contribution >= 0.6 is 0 Å². The van der Waals surface area contributed by atoms with E-state index in [9.17, 15) is 0 Å². The third kappa shape index (κ3) is 3.77. The highest BCUT2D eigenvalue weighted by atomic mass is 16.5. The summed E-state index contributed by atoms with van der Waals surface area (Å²) >= 11 is 0. The standard InChI is InChI=1S/C11H18N2O/c1-9(12)7-13-8-10-3-5-11(14-2)6-4-10/h3-6,9,13H,7-8,12H2,1-2H3/t9-/m0/s1. The van der Waals surface area contributed by atoms with Crippen molar-refractivity contribution < 1.29 is 4.74 Å². The summed E-state index contributed by atoms with van der Waals surface area (Å²) in [6.07, 6.45) is 0. The fourth-order valence-corrected chi connectivity index (χ4v) is 1.19. The fourth-order valence-electron chi connectivity index (χ4n) is 1.19. The molecule has 0 aliphatic heterocycles. The first-order chi connectivity index (χ1) is 6.72. The third-order valence-corrected chi connectivity index (χ3v) is 1.95. The number of methoxy groups -OCH3 is 1. The van der Waals surface area contributed by atoms with Crippen LogP contribution in [-0.2, 0) is 6.54 Å². The third-order valence-electron chi connectivity index (χ3n) is 1.95. The fraction of sp³-hybridized carbons (Fsp3) is 0.455. The van der Waals surface area contributed by atoms with Gasteiger partial charge in [0.1, 0.15) is 5.75 Å². The van der Waals surface area contributed by atoms with Gasteiger partial charge in [-0.05, 0) is 24.6 Å². The van der Waals surface area contributed by atoms with E-state index >= 15 is 0 Å². The number of nitrogens with one attached hydrogen (secondary N) is 1. The number of hydrogen-bond donors (Lipinski definition) is 2. The first kappa shape index (κ1) is 11.0. The van der Waals surface area contributed by atoms with Crippen molar-refractivity contribution in [3.05, 3.63) is 29.8 Å². The van der Waals surface area contributed by atoms with Crippen LogP contribution in [0.5, 0.6) is 5.75 Å². The maximum atomic E-state index is 5.62. The molecule has 0 aliphatic rings. The molecule has 0 unspecified atom stereocenters. The van der Waals surface area contributed by atoms with E-state index in [1.807, 2.05) is 31.2 Å². The Labute approximate surface area is 85.3 Å². The number of ether oxygens (including phenoxy) is 1. The van der Waals surface area contributed by atoms with Gasteiger partial charge in [0, 0.05) is 19.1 Å². The second-order valence-electron chi connectivity index (χ2n) is 3.46. The molecule has 0 saturated heterocycles. The van der Waals surface area contributed by atoms with E-state index in [-0.39, 0.29) is 6.04 Å². The zero-order chi connectivity index (χ0) is 10.4. The molecule has 0 radical (unpaired) electrons. The molecule has 0 heterocycles. The maximum Gasteiger partial charge on any atom is 0.118 e. The molecule has 0 aliphatic carbocycles. The van der Waals surface area contributed by atoms with E-state index < -0.39 is 0 Å². The van der Waals surface area contributed by atoms with Gasteiger partial charge in [-0.25, -0.2) is 0 Å². The lowest BCUT2D eigenvalue weighted by molar-refractivity contribution is 0.414. The van der Waals surface area contributed by atoms with Crippen molar-refractivity contribution in [1.29, 1.82) is 0 Å². The SMILES string of the molecule is COc1ccc(CNC[C@H](C)N)cc1. The van der Waals surface area contributed by atoms with Gasteiger partial charge >= 0.3 is 0 Å². The quantitative estimate of drug-likeness (QED) is 0.738. The van der Waals surface area contributed by atoms with Crippen LogP contribution in [-0.4, -0.2) is 19.7 Å². The summed E-state index contributed by atoms with van der Waals surface area (Å²) in [5, 5.41) is 3.27. The van der Waals surface area contributed by atoms with E-state index in [0.29, 0.717) is 0 Å². The van der Waals surface area contributed by atoms with Crippen molar-refractivity contribution in [3.8, 4) is 5.75 Å². The van der Waals surface area contributed by atoms with E-state index in [1.165, 1.54) is 5.56 Å². The van der Waals surface area contributed by atoms with E-state index in [2.05, 4.69) is 5.32 Å². The van der Waals surface area contributed by atoms with Gasteiger partial charge in [0.25, 0.3) is 0 Å². The van der Waals surface area contributed by atoms with Crippen molar-refractivity contribution in [2.75, 3.05) is 13.7 Å². The zero-order valence-electron chi connectivity index (χ0n) is 8.79. The van der Waals surface area contributed by atoms with Gasteiger partial charge in [0.15, 0.2) is 0 Å². The van der Waals surface area contributed by atoms with Gasteiger partial charge in [-0.15, -0.1) is 0 Å². The zero-order valence-corrected chi connectivity index (χ0v) is 8.79. The van der Waals surface area contributed by atoms with Gasteiger partial charge in [0.05, 0.1) is 7.11 Å². The van der Waals surface area contributed by atoms with E-state index in [1.54, 1.807) is 7.11 Å². The van der Waals surface area contributed by atoms with E-state index in [4.69, 9.17) is 10.5 Å². The molecular weight excluding hydrogens is 176 g/mol. The van der Waals surface area contributed by atoms with Crippen LogP contribution in [0.3, 0.4) is 0 Å². The smallest absolute Gasteiger partial charge is 0.118 e. The van der Waals surface area contributed by atoms with Crippen molar-refractivity contribution in [1.82, 2.24) is 5.32 Å². The molecule has 1 aromatic rings. The maximum absolute atomic E-state index is 5.62. The summed E-state index contributed by atoms with van der Waals surface area (Å²) in [7, 11) is 1.67. The molecule has 1 atom stereocenters. The highest BCUT2D eigenvalue weighted by Crippen LogP contribution is 2.10. The summed E-state index contributed by atoms with van der Waals surface area (Å²) in [6, 6.07) is 8.22. The van der Waals surface area contributed by atoms with Crippen molar-refractivity contribution in [2.24, 2.45) is 5.73 Å². The van der Waals surface area contributed by atoms with Crippen LogP contribution in [0.25, 0.3) is 0 Å². The molecule has 0 fully saturated rings. The van der Waals surface area contributed by atoms with Crippen LogP contribution in [0.2, 0.25) is 0 Å². The Kier molecular flexibility index (Phi) is 4.43. The van der Waals surface area contributed by atoms with Crippen molar-refractivity contribution in [3.63, 3.8) is 0 Å². The Morgan fingerprint density at radius 1 is 1.36 bits per heavy atom. The summed E-state index contributed by atoms with van der Waals surface area (Å²) in [5.74, 6) is 0.890. The van der Waals surface area contributed by atoms with Crippen LogP contribution in [0, 0.1) is 0 Å². The minimum Gasteiger partial charge on any atom is -0.497 e. The Hall–Kier alpha value is -1.06. The van der Waals surface area contributed by atoms with Crippen LogP contribution in [0.4, 0.5) is 0 Å². The monoisotopic (exact) mass is 194 g/mol. The second kappa shape index (κ2) is 5.62. The molecule has 1 aromatic carbocycles. The molecule has 0 spiro atoms. The van der Waals surface area contributed by atoms with Crippen molar-refractivity contribution >= 4 is 0 Å². The Morgan fingerprint density at radius 3 is 2.50 bits per heavy atom. The molecular formula is C11H18N2O. The van der Waals surface area contributed by atoms with Crippen molar-refractivity contribution in [2.45, 2.75) is 19.5 Å². The first-order valence-corrected chi connectivity index (χ1v) is 4.81. The highest BCUT2D eigenvalue weighted by molar-refractivity contribution is 5.26. The molecule has 0 bridgehead atoms. The normalized spacial score (nSPS) is 12.5. The lowest BCUT2D eigenvalue weighted by Gasteiger charge is -2.07. The average molecular weight is 194 g/mol. The topological polar surface area (TPSA) is 47.3 Å². The second-order valence-corrected chi connectivity index (χ2v) is 3.46. The summed E-state index contributed by atoms with van der Waals surface area (Å²) in [4.78, 5) is 0. The number of hydrogen-bond acceptors (Lipinski definition) is 3. The average Bonchev–Trinajstić information content (AvgIpc) is 2.18. The minimum atomic E-state index is 0.202. The molecule has 1 rings (SSSR count). The predicted octanol–water partition coefficient (Wildman–Crippen LogP) is 1.13. The largest absolute Gasteiger partial charge is 0.497 e.